The molecule has 0 aliphatic heterocycles. The second-order valence-electron chi connectivity index (χ2n) is 6.38. The SMILES string of the molecule is CC(CCc1ccc(C(N)=O)cc1)N[C@H](Oc1ccccc1F)C(C)O. The Morgan fingerprint density at radius 2 is 1.85 bits per heavy atom. The van der Waals surface area contributed by atoms with E-state index in [1.807, 2.05) is 19.1 Å². The molecule has 2 unspecified atom stereocenters. The standard InChI is InChI=1S/C20H25FN2O3/c1-13(7-8-15-9-11-16(12-10-15)19(22)25)23-20(14(2)24)26-18-6-4-3-5-17(18)21/h3-6,9-14,20,23-24H,7-8H2,1-2H3,(H2,22,25)/t13?,14?,20-/m1/s1. The number of benzene rings is 2. The fourth-order valence-electron chi connectivity index (χ4n) is 2.53. The first-order chi connectivity index (χ1) is 12.4. The molecule has 3 atom stereocenters. The Balaban J connectivity index is 1.90. The van der Waals surface area contributed by atoms with E-state index in [0.717, 1.165) is 18.4 Å². The van der Waals surface area contributed by atoms with E-state index >= 15 is 0 Å². The Hall–Kier alpha value is -2.44. The molecule has 1 amide bonds. The van der Waals surface area contributed by atoms with Gasteiger partial charge in [-0.05, 0) is 56.5 Å². The minimum atomic E-state index is -0.813. The fourth-order valence-corrected chi connectivity index (χ4v) is 2.53. The summed E-state index contributed by atoms with van der Waals surface area (Å²) in [7, 11) is 0. The molecular formula is C20H25FN2O3. The van der Waals surface area contributed by atoms with Crippen molar-refractivity contribution in [3.63, 3.8) is 0 Å². The van der Waals surface area contributed by atoms with E-state index in [1.54, 1.807) is 31.2 Å². The molecule has 26 heavy (non-hydrogen) atoms. The third-order valence-corrected chi connectivity index (χ3v) is 4.08. The van der Waals surface area contributed by atoms with Gasteiger partial charge in [-0.1, -0.05) is 24.3 Å². The maximum atomic E-state index is 13.7. The van der Waals surface area contributed by atoms with Gasteiger partial charge in [0.05, 0.1) is 0 Å². The number of halogens is 1. The van der Waals surface area contributed by atoms with Gasteiger partial charge in [0.25, 0.3) is 0 Å². The molecule has 0 aliphatic rings. The number of aliphatic hydroxyl groups excluding tert-OH is 1. The van der Waals surface area contributed by atoms with Crippen LogP contribution in [0.3, 0.4) is 0 Å². The summed E-state index contributed by atoms with van der Waals surface area (Å²) in [6.07, 6.45) is 0.0187. The molecule has 0 aliphatic carbocycles. The highest BCUT2D eigenvalue weighted by atomic mass is 19.1. The van der Waals surface area contributed by atoms with Crippen LogP contribution >= 0.6 is 0 Å². The first kappa shape index (κ1) is 19.9. The summed E-state index contributed by atoms with van der Waals surface area (Å²) in [5.74, 6) is -0.820. The number of primary amides is 1. The Kier molecular flexibility index (Phi) is 7.12. The molecule has 0 spiro atoms. The lowest BCUT2D eigenvalue weighted by Crippen LogP contribution is -2.47. The van der Waals surface area contributed by atoms with Gasteiger partial charge in [-0.2, -0.15) is 0 Å². The molecule has 0 fully saturated rings. The summed E-state index contributed by atoms with van der Waals surface area (Å²) >= 11 is 0. The normalized spacial score (nSPS) is 14.5. The molecule has 0 saturated heterocycles. The summed E-state index contributed by atoms with van der Waals surface area (Å²) in [4.78, 5) is 11.1. The number of amides is 1. The highest BCUT2D eigenvalue weighted by molar-refractivity contribution is 5.92. The average Bonchev–Trinajstić information content (AvgIpc) is 2.61. The molecule has 2 rings (SSSR count). The van der Waals surface area contributed by atoms with Gasteiger partial charge in [0.1, 0.15) is 6.10 Å². The monoisotopic (exact) mass is 360 g/mol. The smallest absolute Gasteiger partial charge is 0.248 e. The van der Waals surface area contributed by atoms with Crippen molar-refractivity contribution >= 4 is 5.91 Å². The number of rotatable bonds is 9. The molecule has 4 N–H and O–H groups in total. The highest BCUT2D eigenvalue weighted by Gasteiger charge is 2.20. The van der Waals surface area contributed by atoms with E-state index in [0.29, 0.717) is 5.56 Å². The number of hydrogen-bond acceptors (Lipinski definition) is 4. The number of nitrogens with one attached hydrogen (secondary N) is 1. The molecule has 0 aromatic heterocycles. The number of hydrogen-bond donors (Lipinski definition) is 3. The summed E-state index contributed by atoms with van der Waals surface area (Å²) < 4.78 is 19.3. The minimum absolute atomic E-state index is 0.0252. The summed E-state index contributed by atoms with van der Waals surface area (Å²) in [6.45, 7) is 3.56. The molecule has 0 saturated carbocycles. The Bertz CT molecular complexity index is 719. The van der Waals surface area contributed by atoms with Crippen LogP contribution in [0.5, 0.6) is 5.75 Å². The second-order valence-corrected chi connectivity index (χ2v) is 6.38. The van der Waals surface area contributed by atoms with Gasteiger partial charge in [0.2, 0.25) is 5.91 Å². The van der Waals surface area contributed by atoms with Crippen molar-refractivity contribution in [2.24, 2.45) is 5.73 Å². The zero-order valence-corrected chi connectivity index (χ0v) is 15.0. The number of para-hydroxylation sites is 1. The molecule has 0 bridgehead atoms. The van der Waals surface area contributed by atoms with Crippen molar-refractivity contribution in [2.75, 3.05) is 0 Å². The van der Waals surface area contributed by atoms with Crippen molar-refractivity contribution in [2.45, 2.75) is 45.1 Å². The Morgan fingerprint density at radius 3 is 2.42 bits per heavy atom. The number of ether oxygens (including phenoxy) is 1. The van der Waals surface area contributed by atoms with E-state index in [9.17, 15) is 14.3 Å². The number of carbonyl (C=O) groups excluding carboxylic acids is 1. The van der Waals surface area contributed by atoms with Crippen LogP contribution in [-0.4, -0.2) is 29.4 Å². The first-order valence-corrected chi connectivity index (χ1v) is 8.61. The topological polar surface area (TPSA) is 84.6 Å². The van der Waals surface area contributed by atoms with Gasteiger partial charge in [0.15, 0.2) is 17.8 Å². The number of aliphatic hydroxyl groups is 1. The summed E-state index contributed by atoms with van der Waals surface area (Å²) in [5.41, 5.74) is 6.79. The van der Waals surface area contributed by atoms with Crippen LogP contribution in [0.15, 0.2) is 48.5 Å². The predicted molar refractivity (Wildman–Crippen MR) is 98.4 cm³/mol. The summed E-state index contributed by atoms with van der Waals surface area (Å²) in [6, 6.07) is 13.3. The Labute approximate surface area is 153 Å². The van der Waals surface area contributed by atoms with E-state index < -0.39 is 24.1 Å². The van der Waals surface area contributed by atoms with E-state index in [2.05, 4.69) is 5.32 Å². The van der Waals surface area contributed by atoms with Crippen molar-refractivity contribution in [1.82, 2.24) is 5.32 Å². The lowest BCUT2D eigenvalue weighted by Gasteiger charge is -2.26. The van der Waals surface area contributed by atoms with Crippen molar-refractivity contribution in [3.05, 3.63) is 65.5 Å². The van der Waals surface area contributed by atoms with Crippen molar-refractivity contribution < 1.29 is 19.0 Å². The van der Waals surface area contributed by atoms with Crippen LogP contribution in [0.2, 0.25) is 0 Å². The van der Waals surface area contributed by atoms with Crippen LogP contribution in [-0.2, 0) is 6.42 Å². The Morgan fingerprint density at radius 1 is 1.19 bits per heavy atom. The lowest BCUT2D eigenvalue weighted by molar-refractivity contribution is 0.0176. The molecule has 2 aromatic rings. The van der Waals surface area contributed by atoms with Gasteiger partial charge < -0.3 is 15.6 Å². The number of nitrogens with two attached hydrogens (primary N) is 1. The summed E-state index contributed by atoms with van der Waals surface area (Å²) in [5, 5.41) is 13.1. The van der Waals surface area contributed by atoms with Crippen LogP contribution in [0, 0.1) is 5.82 Å². The maximum Gasteiger partial charge on any atom is 0.248 e. The zero-order chi connectivity index (χ0) is 19.1. The number of carbonyl (C=O) groups is 1. The maximum absolute atomic E-state index is 13.7. The zero-order valence-electron chi connectivity index (χ0n) is 15.0. The largest absolute Gasteiger partial charge is 0.470 e. The van der Waals surface area contributed by atoms with E-state index in [4.69, 9.17) is 10.5 Å². The van der Waals surface area contributed by atoms with Crippen LogP contribution in [0.25, 0.3) is 0 Å². The van der Waals surface area contributed by atoms with E-state index in [1.165, 1.54) is 12.1 Å². The molecule has 0 heterocycles. The van der Waals surface area contributed by atoms with Gasteiger partial charge in [0, 0.05) is 11.6 Å². The fraction of sp³-hybridized carbons (Fsp3) is 0.350. The van der Waals surface area contributed by atoms with Crippen LogP contribution in [0.4, 0.5) is 4.39 Å². The van der Waals surface area contributed by atoms with Gasteiger partial charge >= 0.3 is 0 Å². The van der Waals surface area contributed by atoms with E-state index in [-0.39, 0.29) is 11.8 Å². The highest BCUT2D eigenvalue weighted by Crippen LogP contribution is 2.18. The van der Waals surface area contributed by atoms with Gasteiger partial charge in [-0.3, -0.25) is 10.1 Å². The molecule has 140 valence electrons. The lowest BCUT2D eigenvalue weighted by atomic mass is 10.0. The first-order valence-electron chi connectivity index (χ1n) is 8.61. The average molecular weight is 360 g/mol. The molecular weight excluding hydrogens is 335 g/mol. The van der Waals surface area contributed by atoms with Gasteiger partial charge in [-0.15, -0.1) is 0 Å². The third kappa shape index (κ3) is 5.82. The van der Waals surface area contributed by atoms with Crippen LogP contribution < -0.4 is 15.8 Å². The van der Waals surface area contributed by atoms with Crippen molar-refractivity contribution in [1.29, 1.82) is 0 Å². The molecule has 2 aromatic carbocycles. The molecule has 6 heteroatoms. The van der Waals surface area contributed by atoms with Crippen LogP contribution in [0.1, 0.15) is 36.2 Å². The third-order valence-electron chi connectivity index (χ3n) is 4.08. The second kappa shape index (κ2) is 9.31. The minimum Gasteiger partial charge on any atom is -0.470 e. The quantitative estimate of drug-likeness (QED) is 0.600. The number of aryl methyl sites for hydroxylation is 1. The molecule has 5 nitrogen and oxygen atoms in total. The van der Waals surface area contributed by atoms with Gasteiger partial charge in [-0.25, -0.2) is 4.39 Å². The predicted octanol–water partition coefficient (Wildman–Crippen LogP) is 2.62. The molecule has 0 radical (unpaired) electrons. The van der Waals surface area contributed by atoms with Crippen molar-refractivity contribution in [3.8, 4) is 5.75 Å².